The highest BCUT2D eigenvalue weighted by atomic mass is 32.2. The Kier molecular flexibility index (Phi) is 6.29. The lowest BCUT2D eigenvalue weighted by Crippen LogP contribution is -2.23. The third-order valence-corrected chi connectivity index (χ3v) is 6.39. The number of primary sulfonamides is 1. The number of nitrogens with one attached hydrogen (secondary N) is 1. The second-order valence-corrected chi connectivity index (χ2v) is 9.38. The van der Waals surface area contributed by atoms with Crippen LogP contribution in [0, 0.1) is 15.9 Å². The minimum absolute atomic E-state index is 0.0685. The zero-order valence-corrected chi connectivity index (χ0v) is 18.0. The summed E-state index contributed by atoms with van der Waals surface area (Å²) in [5, 5.41) is 18.4. The van der Waals surface area contributed by atoms with E-state index in [1.54, 1.807) is 13.0 Å². The minimum Gasteiger partial charge on any atom is -0.325 e. The molecule has 31 heavy (non-hydrogen) atoms. The molecule has 0 aliphatic heterocycles. The highest BCUT2D eigenvalue weighted by Gasteiger charge is 2.22. The van der Waals surface area contributed by atoms with Crippen molar-refractivity contribution < 1.29 is 22.5 Å². The number of sulfonamides is 1. The maximum absolute atomic E-state index is 13.5. The molecule has 1 heterocycles. The SMILES string of the molecule is CCn1c(SC(C)C(=O)Nc2ccc(F)c([N+](=O)[O-])c2)nc2cc(S(N)(=O)=O)ccc21. The first-order chi connectivity index (χ1) is 14.5. The molecule has 13 heteroatoms. The number of nitrogens with two attached hydrogens (primary N) is 1. The number of halogens is 1. The lowest BCUT2D eigenvalue weighted by atomic mass is 10.2. The molecule has 3 rings (SSSR count). The molecule has 0 saturated heterocycles. The Hall–Kier alpha value is -3.03. The van der Waals surface area contributed by atoms with Gasteiger partial charge in [0.2, 0.25) is 21.7 Å². The average molecular weight is 468 g/mol. The highest BCUT2D eigenvalue weighted by molar-refractivity contribution is 8.00. The number of imidazole rings is 1. The van der Waals surface area contributed by atoms with Crippen LogP contribution in [0.15, 0.2) is 46.5 Å². The second kappa shape index (κ2) is 8.61. The van der Waals surface area contributed by atoms with E-state index in [0.29, 0.717) is 22.7 Å². The number of aromatic nitrogens is 2. The molecule has 1 amide bonds. The molecule has 0 aliphatic rings. The molecule has 0 aliphatic carbocycles. The highest BCUT2D eigenvalue weighted by Crippen LogP contribution is 2.29. The summed E-state index contributed by atoms with van der Waals surface area (Å²) in [6.45, 7) is 4.01. The predicted octanol–water partition coefficient (Wildman–Crippen LogP) is 2.87. The number of rotatable bonds is 7. The van der Waals surface area contributed by atoms with Crippen molar-refractivity contribution in [1.82, 2.24) is 9.55 Å². The Morgan fingerprint density at radius 1 is 1.35 bits per heavy atom. The zero-order chi connectivity index (χ0) is 22.9. The van der Waals surface area contributed by atoms with Crippen LogP contribution in [0.25, 0.3) is 11.0 Å². The van der Waals surface area contributed by atoms with Crippen molar-refractivity contribution in [3.8, 4) is 0 Å². The van der Waals surface area contributed by atoms with Gasteiger partial charge < -0.3 is 9.88 Å². The fourth-order valence-corrected chi connectivity index (χ4v) is 4.37. The van der Waals surface area contributed by atoms with Gasteiger partial charge in [0.05, 0.1) is 26.1 Å². The fourth-order valence-electron chi connectivity index (χ4n) is 2.85. The van der Waals surface area contributed by atoms with Crippen molar-refractivity contribution in [3.05, 3.63) is 52.3 Å². The number of anilines is 1. The molecule has 3 N–H and O–H groups in total. The topological polar surface area (TPSA) is 150 Å². The van der Waals surface area contributed by atoms with Gasteiger partial charge in [0.15, 0.2) is 5.16 Å². The Balaban J connectivity index is 1.83. The number of fused-ring (bicyclic) bond motifs is 1. The summed E-state index contributed by atoms with van der Waals surface area (Å²) >= 11 is 1.13. The van der Waals surface area contributed by atoms with E-state index in [1.807, 2.05) is 11.5 Å². The summed E-state index contributed by atoms with van der Waals surface area (Å²) < 4.78 is 38.5. The van der Waals surface area contributed by atoms with Crippen molar-refractivity contribution in [2.24, 2.45) is 5.14 Å². The standard InChI is InChI=1S/C18H18FN5O5S2/c1-3-23-15-7-5-12(31(20,28)29)9-14(15)22-18(23)30-10(2)17(25)21-11-4-6-13(19)16(8-11)24(26)27/h4-10H,3H2,1-2H3,(H,21,25)(H2,20,28,29). The minimum atomic E-state index is -3.88. The maximum atomic E-state index is 13.5. The third-order valence-electron chi connectivity index (χ3n) is 4.39. The lowest BCUT2D eigenvalue weighted by Gasteiger charge is -2.12. The van der Waals surface area contributed by atoms with Crippen LogP contribution in [-0.4, -0.2) is 34.0 Å². The quantitative estimate of drug-likeness (QED) is 0.308. The van der Waals surface area contributed by atoms with Crippen LogP contribution in [0.4, 0.5) is 15.8 Å². The van der Waals surface area contributed by atoms with Crippen LogP contribution >= 0.6 is 11.8 Å². The van der Waals surface area contributed by atoms with Gasteiger partial charge in [-0.2, -0.15) is 4.39 Å². The zero-order valence-electron chi connectivity index (χ0n) is 16.4. The van der Waals surface area contributed by atoms with Crippen molar-refractivity contribution in [2.45, 2.75) is 35.7 Å². The molecule has 10 nitrogen and oxygen atoms in total. The number of carbonyl (C=O) groups is 1. The van der Waals surface area contributed by atoms with E-state index >= 15 is 0 Å². The third kappa shape index (κ3) is 4.84. The lowest BCUT2D eigenvalue weighted by molar-refractivity contribution is -0.387. The predicted molar refractivity (Wildman–Crippen MR) is 114 cm³/mol. The number of nitrogens with zero attached hydrogens (tertiary/aromatic N) is 3. The van der Waals surface area contributed by atoms with E-state index in [-0.39, 0.29) is 10.6 Å². The van der Waals surface area contributed by atoms with Gasteiger partial charge in [-0.3, -0.25) is 14.9 Å². The molecule has 1 aromatic heterocycles. The number of nitro benzene ring substituents is 1. The van der Waals surface area contributed by atoms with Crippen LogP contribution in [0.3, 0.4) is 0 Å². The Bertz CT molecular complexity index is 1290. The van der Waals surface area contributed by atoms with E-state index in [2.05, 4.69) is 10.3 Å². The molecular formula is C18H18FN5O5S2. The number of hydrogen-bond donors (Lipinski definition) is 2. The number of nitro groups is 1. The van der Waals surface area contributed by atoms with Crippen molar-refractivity contribution in [2.75, 3.05) is 5.32 Å². The van der Waals surface area contributed by atoms with Crippen LogP contribution in [-0.2, 0) is 21.4 Å². The summed E-state index contributed by atoms with van der Waals surface area (Å²) in [6.07, 6.45) is 0. The van der Waals surface area contributed by atoms with Gasteiger partial charge in [-0.15, -0.1) is 0 Å². The molecule has 1 atom stereocenters. The molecule has 3 aromatic rings. The molecule has 0 bridgehead atoms. The molecule has 0 saturated carbocycles. The molecule has 2 aromatic carbocycles. The number of aryl methyl sites for hydroxylation is 1. The van der Waals surface area contributed by atoms with Crippen molar-refractivity contribution >= 4 is 50.1 Å². The molecule has 164 valence electrons. The van der Waals surface area contributed by atoms with Gasteiger partial charge in [-0.05, 0) is 44.2 Å². The summed E-state index contributed by atoms with van der Waals surface area (Å²) in [4.78, 5) is 26.9. The normalized spacial score (nSPS) is 12.6. The van der Waals surface area contributed by atoms with Crippen LogP contribution in [0.5, 0.6) is 0 Å². The van der Waals surface area contributed by atoms with E-state index in [4.69, 9.17) is 5.14 Å². The second-order valence-electron chi connectivity index (χ2n) is 6.51. The van der Waals surface area contributed by atoms with Crippen LogP contribution in [0.2, 0.25) is 0 Å². The number of carbonyl (C=O) groups excluding carboxylic acids is 1. The van der Waals surface area contributed by atoms with Crippen molar-refractivity contribution in [3.63, 3.8) is 0 Å². The average Bonchev–Trinajstić information content (AvgIpc) is 3.04. The van der Waals surface area contributed by atoms with Crippen molar-refractivity contribution in [1.29, 1.82) is 0 Å². The summed E-state index contributed by atoms with van der Waals surface area (Å²) in [5.41, 5.74) is 0.445. The number of hydrogen-bond acceptors (Lipinski definition) is 7. The van der Waals surface area contributed by atoms with Gasteiger partial charge in [-0.1, -0.05) is 11.8 Å². The molecular weight excluding hydrogens is 449 g/mol. The van der Waals surface area contributed by atoms with Gasteiger partial charge in [0, 0.05) is 18.3 Å². The van der Waals surface area contributed by atoms with E-state index in [0.717, 1.165) is 23.9 Å². The van der Waals surface area contributed by atoms with Gasteiger partial charge in [0.25, 0.3) is 0 Å². The Labute approximate surface area is 180 Å². The first-order valence-corrected chi connectivity index (χ1v) is 11.4. The summed E-state index contributed by atoms with van der Waals surface area (Å²) in [7, 11) is -3.88. The Morgan fingerprint density at radius 3 is 2.68 bits per heavy atom. The smallest absolute Gasteiger partial charge is 0.306 e. The molecule has 0 fully saturated rings. The monoisotopic (exact) mass is 467 g/mol. The molecule has 0 radical (unpaired) electrons. The van der Waals surface area contributed by atoms with E-state index in [9.17, 15) is 27.7 Å². The first-order valence-electron chi connectivity index (χ1n) is 8.95. The maximum Gasteiger partial charge on any atom is 0.306 e. The first kappa shape index (κ1) is 22.7. The molecule has 1 unspecified atom stereocenters. The number of thioether (sulfide) groups is 1. The molecule has 0 spiro atoms. The Morgan fingerprint density at radius 2 is 2.06 bits per heavy atom. The number of benzene rings is 2. The number of amides is 1. The van der Waals surface area contributed by atoms with Crippen LogP contribution in [0.1, 0.15) is 13.8 Å². The van der Waals surface area contributed by atoms with Gasteiger partial charge in [-0.25, -0.2) is 18.5 Å². The van der Waals surface area contributed by atoms with E-state index in [1.165, 1.54) is 18.2 Å². The van der Waals surface area contributed by atoms with Crippen LogP contribution < -0.4 is 10.5 Å². The van der Waals surface area contributed by atoms with E-state index < -0.39 is 37.6 Å². The fraction of sp³-hybridized carbons (Fsp3) is 0.222. The van der Waals surface area contributed by atoms with Gasteiger partial charge >= 0.3 is 5.69 Å². The largest absolute Gasteiger partial charge is 0.325 e. The van der Waals surface area contributed by atoms with Gasteiger partial charge in [0.1, 0.15) is 0 Å². The summed E-state index contributed by atoms with van der Waals surface area (Å²) in [6, 6.07) is 7.43. The summed E-state index contributed by atoms with van der Waals surface area (Å²) in [5.74, 6) is -1.47.